The van der Waals surface area contributed by atoms with Crippen molar-refractivity contribution in [3.63, 3.8) is 0 Å². The van der Waals surface area contributed by atoms with E-state index in [1.54, 1.807) is 25.1 Å². The van der Waals surface area contributed by atoms with Crippen LogP contribution in [0, 0.1) is 5.82 Å². The van der Waals surface area contributed by atoms with E-state index in [0.717, 1.165) is 12.3 Å². The Labute approximate surface area is 209 Å². The molecule has 0 bridgehead atoms. The molecule has 0 aliphatic heterocycles. The Morgan fingerprint density at radius 1 is 1.09 bits per heavy atom. The van der Waals surface area contributed by atoms with Crippen molar-refractivity contribution in [3.05, 3.63) is 63.9 Å². The SMILES string of the molecule is CC[C@H](C)NC(=O)[C@@H](C)N(Cc1ccc(Cl)c(Cl)c1)C(=O)CN(c1ccccc1F)S(C)(=O)=O. The molecular formula is C23H28Cl2FN3O4S. The lowest BCUT2D eigenvalue weighted by molar-refractivity contribution is -0.139. The van der Waals surface area contributed by atoms with Gasteiger partial charge in [0, 0.05) is 12.6 Å². The molecule has 0 saturated heterocycles. The van der Waals surface area contributed by atoms with E-state index in [1.807, 2.05) is 13.8 Å². The van der Waals surface area contributed by atoms with Crippen LogP contribution in [0.4, 0.5) is 10.1 Å². The average Bonchev–Trinajstić information content (AvgIpc) is 2.77. The van der Waals surface area contributed by atoms with Crippen molar-refractivity contribution < 1.29 is 22.4 Å². The number of hydrogen-bond donors (Lipinski definition) is 1. The lowest BCUT2D eigenvalue weighted by Crippen LogP contribution is -2.52. The van der Waals surface area contributed by atoms with E-state index >= 15 is 0 Å². The highest BCUT2D eigenvalue weighted by molar-refractivity contribution is 7.92. The van der Waals surface area contributed by atoms with E-state index in [0.29, 0.717) is 21.3 Å². The number of hydrogen-bond acceptors (Lipinski definition) is 4. The number of amides is 2. The molecule has 11 heteroatoms. The van der Waals surface area contributed by atoms with Gasteiger partial charge in [-0.15, -0.1) is 0 Å². The number of para-hydroxylation sites is 1. The third-order valence-electron chi connectivity index (χ3n) is 5.31. The summed E-state index contributed by atoms with van der Waals surface area (Å²) in [7, 11) is -4.02. The van der Waals surface area contributed by atoms with Crippen LogP contribution in [0.3, 0.4) is 0 Å². The van der Waals surface area contributed by atoms with Crippen molar-refractivity contribution in [1.82, 2.24) is 10.2 Å². The fraction of sp³-hybridized carbons (Fsp3) is 0.391. The molecule has 0 fully saturated rings. The first-order chi connectivity index (χ1) is 15.8. The van der Waals surface area contributed by atoms with Gasteiger partial charge in [-0.05, 0) is 50.1 Å². The van der Waals surface area contributed by atoms with Gasteiger partial charge in [0.2, 0.25) is 21.8 Å². The highest BCUT2D eigenvalue weighted by Gasteiger charge is 2.31. The first-order valence-electron chi connectivity index (χ1n) is 10.6. The van der Waals surface area contributed by atoms with Crippen molar-refractivity contribution in [3.8, 4) is 0 Å². The van der Waals surface area contributed by atoms with Gasteiger partial charge >= 0.3 is 0 Å². The maximum absolute atomic E-state index is 14.4. The quantitative estimate of drug-likeness (QED) is 0.496. The lowest BCUT2D eigenvalue weighted by Gasteiger charge is -2.32. The number of carbonyl (C=O) groups is 2. The zero-order valence-electron chi connectivity index (χ0n) is 19.4. The third-order valence-corrected chi connectivity index (χ3v) is 7.17. The Bertz CT molecular complexity index is 1150. The number of anilines is 1. The van der Waals surface area contributed by atoms with Crippen molar-refractivity contribution in [2.75, 3.05) is 17.1 Å². The molecular weight excluding hydrogens is 504 g/mol. The van der Waals surface area contributed by atoms with Crippen LogP contribution in [0.5, 0.6) is 0 Å². The topological polar surface area (TPSA) is 86.8 Å². The first kappa shape index (κ1) is 27.9. The van der Waals surface area contributed by atoms with Gasteiger partial charge in [-0.3, -0.25) is 13.9 Å². The Morgan fingerprint density at radius 3 is 2.29 bits per heavy atom. The smallest absolute Gasteiger partial charge is 0.244 e. The van der Waals surface area contributed by atoms with Crippen molar-refractivity contribution >= 4 is 50.7 Å². The normalized spacial score (nSPS) is 13.1. The zero-order chi connectivity index (χ0) is 25.6. The average molecular weight is 532 g/mol. The van der Waals surface area contributed by atoms with Crippen molar-refractivity contribution in [1.29, 1.82) is 0 Å². The van der Waals surface area contributed by atoms with E-state index in [-0.39, 0.29) is 23.3 Å². The summed E-state index contributed by atoms with van der Waals surface area (Å²) < 4.78 is 40.0. The minimum Gasteiger partial charge on any atom is -0.352 e. The Kier molecular flexibility index (Phi) is 9.73. The molecule has 0 aliphatic carbocycles. The Hall–Kier alpha value is -2.36. The largest absolute Gasteiger partial charge is 0.352 e. The minimum absolute atomic E-state index is 0.0420. The Balaban J connectivity index is 2.42. The zero-order valence-corrected chi connectivity index (χ0v) is 21.7. The molecule has 186 valence electrons. The first-order valence-corrected chi connectivity index (χ1v) is 13.2. The molecule has 0 radical (unpaired) electrons. The number of benzene rings is 2. The number of halogens is 3. The second-order valence-corrected chi connectivity index (χ2v) is 10.7. The fourth-order valence-electron chi connectivity index (χ4n) is 3.13. The summed E-state index contributed by atoms with van der Waals surface area (Å²) in [5, 5.41) is 3.42. The van der Waals surface area contributed by atoms with E-state index in [4.69, 9.17) is 23.2 Å². The van der Waals surface area contributed by atoms with Crippen LogP contribution >= 0.6 is 23.2 Å². The van der Waals surface area contributed by atoms with Gasteiger partial charge in [0.05, 0.1) is 22.0 Å². The van der Waals surface area contributed by atoms with Gasteiger partial charge in [0.1, 0.15) is 18.4 Å². The van der Waals surface area contributed by atoms with Gasteiger partial charge in [-0.2, -0.15) is 0 Å². The van der Waals surface area contributed by atoms with Gasteiger partial charge in [-0.25, -0.2) is 12.8 Å². The summed E-state index contributed by atoms with van der Waals surface area (Å²) in [6.45, 7) is 4.55. The molecule has 0 unspecified atom stereocenters. The van der Waals surface area contributed by atoms with Crippen LogP contribution < -0.4 is 9.62 Å². The summed E-state index contributed by atoms with van der Waals surface area (Å²) in [5.74, 6) is -1.88. The van der Waals surface area contributed by atoms with Crippen molar-refractivity contribution in [2.45, 2.75) is 45.8 Å². The molecule has 0 saturated carbocycles. The van der Waals surface area contributed by atoms with Crippen LogP contribution in [0.15, 0.2) is 42.5 Å². The molecule has 34 heavy (non-hydrogen) atoms. The van der Waals surface area contributed by atoms with Gasteiger partial charge in [0.25, 0.3) is 0 Å². The number of nitrogens with zero attached hydrogens (tertiary/aromatic N) is 2. The molecule has 0 aliphatic rings. The monoisotopic (exact) mass is 531 g/mol. The fourth-order valence-corrected chi connectivity index (χ4v) is 4.30. The highest BCUT2D eigenvalue weighted by atomic mass is 35.5. The van der Waals surface area contributed by atoms with Crippen molar-refractivity contribution in [2.24, 2.45) is 0 Å². The van der Waals surface area contributed by atoms with E-state index in [9.17, 15) is 22.4 Å². The van der Waals surface area contributed by atoms with Crippen LogP contribution in [0.25, 0.3) is 0 Å². The predicted molar refractivity (Wildman–Crippen MR) is 133 cm³/mol. The maximum Gasteiger partial charge on any atom is 0.244 e. The summed E-state index contributed by atoms with van der Waals surface area (Å²) in [6, 6.07) is 8.97. The molecule has 0 heterocycles. The molecule has 0 spiro atoms. The van der Waals surface area contributed by atoms with Gasteiger partial charge < -0.3 is 10.2 Å². The number of nitrogens with one attached hydrogen (secondary N) is 1. The molecule has 7 nitrogen and oxygen atoms in total. The molecule has 2 atom stereocenters. The summed E-state index contributed by atoms with van der Waals surface area (Å²) in [4.78, 5) is 27.5. The molecule has 1 N–H and O–H groups in total. The minimum atomic E-state index is -4.02. The lowest BCUT2D eigenvalue weighted by atomic mass is 10.1. The summed E-state index contributed by atoms with van der Waals surface area (Å²) in [5.41, 5.74) is 0.326. The predicted octanol–water partition coefficient (Wildman–Crippen LogP) is 4.23. The van der Waals surface area contributed by atoms with Crippen LogP contribution in [-0.2, 0) is 26.2 Å². The van der Waals surface area contributed by atoms with Crippen LogP contribution in [0.2, 0.25) is 10.0 Å². The van der Waals surface area contributed by atoms with E-state index < -0.39 is 40.2 Å². The van der Waals surface area contributed by atoms with E-state index in [2.05, 4.69) is 5.32 Å². The summed E-state index contributed by atoms with van der Waals surface area (Å²) >= 11 is 12.1. The van der Waals surface area contributed by atoms with Crippen LogP contribution in [-0.4, -0.2) is 50.0 Å². The second kappa shape index (κ2) is 11.9. The molecule has 2 rings (SSSR count). The maximum atomic E-state index is 14.4. The molecule has 2 aromatic carbocycles. The summed E-state index contributed by atoms with van der Waals surface area (Å²) in [6.07, 6.45) is 1.57. The third kappa shape index (κ3) is 7.32. The van der Waals surface area contributed by atoms with E-state index in [1.165, 1.54) is 23.1 Å². The molecule has 0 aromatic heterocycles. The Morgan fingerprint density at radius 2 is 1.74 bits per heavy atom. The molecule has 2 amide bonds. The van der Waals surface area contributed by atoms with Gasteiger partial charge in [-0.1, -0.05) is 48.3 Å². The standard InChI is InChI=1S/C23H28Cl2FN3O4S/c1-5-15(2)27-23(31)16(3)28(13-17-10-11-18(24)19(25)12-17)22(30)14-29(34(4,32)33)21-9-7-6-8-20(21)26/h6-12,15-16H,5,13-14H2,1-4H3,(H,27,31)/t15-,16+/m0/s1. The number of carbonyl (C=O) groups excluding carboxylic acids is 2. The number of sulfonamides is 1. The molecule has 2 aromatic rings. The van der Waals surface area contributed by atoms with Gasteiger partial charge in [0.15, 0.2) is 0 Å². The highest BCUT2D eigenvalue weighted by Crippen LogP contribution is 2.25. The van der Waals surface area contributed by atoms with Crippen LogP contribution in [0.1, 0.15) is 32.8 Å². The number of rotatable bonds is 10. The second-order valence-electron chi connectivity index (χ2n) is 7.99.